The molecule has 142 valence electrons. The molecule has 2 heterocycles. The summed E-state index contributed by atoms with van der Waals surface area (Å²) in [4.78, 5) is 28.6. The Labute approximate surface area is 154 Å². The highest BCUT2D eigenvalue weighted by atomic mass is 16.2. The molecule has 1 aromatic heterocycles. The monoisotopic (exact) mass is 359 g/mol. The highest BCUT2D eigenvalue weighted by molar-refractivity contribution is 5.88. The maximum absolute atomic E-state index is 12.5. The predicted molar refractivity (Wildman–Crippen MR) is 98.9 cm³/mol. The lowest BCUT2D eigenvalue weighted by atomic mass is 10.1. The third-order valence-corrected chi connectivity index (χ3v) is 6.01. The fourth-order valence-corrected chi connectivity index (χ4v) is 4.36. The number of urea groups is 1. The Morgan fingerprint density at radius 1 is 1.31 bits per heavy atom. The van der Waals surface area contributed by atoms with Gasteiger partial charge in [-0.15, -0.1) is 0 Å². The molecule has 2 aliphatic carbocycles. The summed E-state index contributed by atoms with van der Waals surface area (Å²) in [7, 11) is 3.66. The third kappa shape index (κ3) is 3.57. The number of carbonyl (C=O) groups is 2. The van der Waals surface area contributed by atoms with Gasteiger partial charge in [0, 0.05) is 57.5 Å². The number of hydrogen-bond donors (Lipinski definition) is 1. The molecular weight excluding hydrogens is 330 g/mol. The van der Waals surface area contributed by atoms with E-state index in [4.69, 9.17) is 0 Å². The number of nitrogens with zero attached hydrogens (tertiary/aromatic N) is 4. The van der Waals surface area contributed by atoms with Crippen LogP contribution in [0.3, 0.4) is 0 Å². The highest BCUT2D eigenvalue weighted by Crippen LogP contribution is 2.40. The van der Waals surface area contributed by atoms with E-state index in [1.807, 2.05) is 13.1 Å². The van der Waals surface area contributed by atoms with Gasteiger partial charge in [-0.2, -0.15) is 5.10 Å². The maximum Gasteiger partial charge on any atom is 0.322 e. The SMILES string of the molecule is CN(C[C@@H]1CC(=O)N(C2CCCC2)C1)C(=O)Nc1cc(C2CC2)nn1C. The Morgan fingerprint density at radius 2 is 2.04 bits per heavy atom. The average Bonchev–Trinajstić information content (AvgIpc) is 3.00. The second kappa shape index (κ2) is 6.93. The predicted octanol–water partition coefficient (Wildman–Crippen LogP) is 2.55. The van der Waals surface area contributed by atoms with E-state index in [1.54, 1.807) is 16.6 Å². The van der Waals surface area contributed by atoms with Gasteiger partial charge in [0.05, 0.1) is 5.69 Å². The molecule has 3 fully saturated rings. The lowest BCUT2D eigenvalue weighted by Gasteiger charge is -2.25. The fraction of sp³-hybridized carbons (Fsp3) is 0.737. The Bertz CT molecular complexity index is 690. The van der Waals surface area contributed by atoms with Crippen LogP contribution in [0.2, 0.25) is 0 Å². The van der Waals surface area contributed by atoms with Crippen molar-refractivity contribution in [3.8, 4) is 0 Å². The van der Waals surface area contributed by atoms with E-state index in [9.17, 15) is 9.59 Å². The van der Waals surface area contributed by atoms with E-state index in [0.29, 0.717) is 24.9 Å². The number of carbonyl (C=O) groups excluding carboxylic acids is 2. The van der Waals surface area contributed by atoms with Crippen molar-refractivity contribution in [2.75, 3.05) is 25.5 Å². The molecule has 4 rings (SSSR count). The standard InChI is InChI=1S/C19H29N5O2/c1-22(11-13-9-18(25)24(12-13)15-5-3-4-6-15)19(26)20-17-10-16(14-7-8-14)21-23(17)2/h10,13-15H,3-9,11-12H2,1-2H3,(H,20,26)/t13-/m0/s1. The Hall–Kier alpha value is -2.05. The van der Waals surface area contributed by atoms with Crippen LogP contribution in [0.4, 0.5) is 10.6 Å². The van der Waals surface area contributed by atoms with Crippen LogP contribution in [0.15, 0.2) is 6.07 Å². The molecule has 7 nitrogen and oxygen atoms in total. The third-order valence-electron chi connectivity index (χ3n) is 6.01. The molecule has 1 aliphatic heterocycles. The van der Waals surface area contributed by atoms with Gasteiger partial charge >= 0.3 is 6.03 Å². The number of rotatable bonds is 5. The van der Waals surface area contributed by atoms with Crippen LogP contribution in [0.25, 0.3) is 0 Å². The van der Waals surface area contributed by atoms with Crippen LogP contribution in [0.5, 0.6) is 0 Å². The molecule has 7 heteroatoms. The molecule has 0 bridgehead atoms. The van der Waals surface area contributed by atoms with Crippen LogP contribution in [-0.2, 0) is 11.8 Å². The lowest BCUT2D eigenvalue weighted by Crippen LogP contribution is -2.38. The van der Waals surface area contributed by atoms with Crippen LogP contribution in [0, 0.1) is 5.92 Å². The molecule has 2 saturated carbocycles. The molecule has 1 aromatic rings. The molecule has 1 atom stereocenters. The zero-order chi connectivity index (χ0) is 18.3. The van der Waals surface area contributed by atoms with Crippen molar-refractivity contribution in [3.05, 3.63) is 11.8 Å². The largest absolute Gasteiger partial charge is 0.339 e. The minimum Gasteiger partial charge on any atom is -0.339 e. The zero-order valence-electron chi connectivity index (χ0n) is 15.8. The van der Waals surface area contributed by atoms with Gasteiger partial charge in [0.1, 0.15) is 5.82 Å². The minimum atomic E-state index is -0.137. The summed E-state index contributed by atoms with van der Waals surface area (Å²) in [6, 6.07) is 2.27. The summed E-state index contributed by atoms with van der Waals surface area (Å²) in [5.41, 5.74) is 1.07. The molecule has 0 unspecified atom stereocenters. The Morgan fingerprint density at radius 3 is 2.73 bits per heavy atom. The zero-order valence-corrected chi connectivity index (χ0v) is 15.8. The van der Waals surface area contributed by atoms with Crippen molar-refractivity contribution in [1.29, 1.82) is 0 Å². The summed E-state index contributed by atoms with van der Waals surface area (Å²) in [5, 5.41) is 7.44. The number of hydrogen-bond acceptors (Lipinski definition) is 3. The van der Waals surface area contributed by atoms with Crippen molar-refractivity contribution in [2.45, 2.75) is 56.9 Å². The van der Waals surface area contributed by atoms with Crippen LogP contribution in [-0.4, -0.2) is 57.7 Å². The van der Waals surface area contributed by atoms with Gasteiger partial charge in [0.2, 0.25) is 5.91 Å². The van der Waals surface area contributed by atoms with Crippen molar-refractivity contribution >= 4 is 17.8 Å². The molecule has 3 amide bonds. The molecule has 0 spiro atoms. The van der Waals surface area contributed by atoms with Crippen LogP contribution >= 0.6 is 0 Å². The van der Waals surface area contributed by atoms with E-state index in [1.165, 1.54) is 25.7 Å². The van der Waals surface area contributed by atoms with E-state index in [2.05, 4.69) is 15.3 Å². The molecule has 0 radical (unpaired) electrons. The average molecular weight is 359 g/mol. The smallest absolute Gasteiger partial charge is 0.322 e. The minimum absolute atomic E-state index is 0.137. The summed E-state index contributed by atoms with van der Waals surface area (Å²) in [5.74, 6) is 1.79. The quantitative estimate of drug-likeness (QED) is 0.878. The first-order chi connectivity index (χ1) is 12.5. The van der Waals surface area contributed by atoms with Crippen molar-refractivity contribution in [1.82, 2.24) is 19.6 Å². The maximum atomic E-state index is 12.5. The van der Waals surface area contributed by atoms with Crippen LogP contribution in [0.1, 0.15) is 56.6 Å². The summed E-state index contributed by atoms with van der Waals surface area (Å²) in [6.07, 6.45) is 7.68. The van der Waals surface area contributed by atoms with Crippen molar-refractivity contribution in [3.63, 3.8) is 0 Å². The summed E-state index contributed by atoms with van der Waals surface area (Å²) < 4.78 is 1.74. The lowest BCUT2D eigenvalue weighted by molar-refractivity contribution is -0.129. The van der Waals surface area contributed by atoms with E-state index >= 15 is 0 Å². The first kappa shape index (κ1) is 17.4. The van der Waals surface area contributed by atoms with E-state index in [0.717, 1.165) is 30.9 Å². The molecule has 0 aromatic carbocycles. The molecule has 3 aliphatic rings. The highest BCUT2D eigenvalue weighted by Gasteiger charge is 2.36. The molecule has 1 N–H and O–H groups in total. The van der Waals surface area contributed by atoms with Crippen LogP contribution < -0.4 is 5.32 Å². The van der Waals surface area contributed by atoms with Gasteiger partial charge in [0.15, 0.2) is 0 Å². The first-order valence-corrected chi connectivity index (χ1v) is 9.87. The van der Waals surface area contributed by atoms with Gasteiger partial charge in [-0.25, -0.2) is 4.79 Å². The normalized spacial score (nSPS) is 23.7. The second-order valence-electron chi connectivity index (χ2n) is 8.22. The fourth-order valence-electron chi connectivity index (χ4n) is 4.36. The van der Waals surface area contributed by atoms with E-state index < -0.39 is 0 Å². The molecule has 1 saturated heterocycles. The van der Waals surface area contributed by atoms with Crippen molar-refractivity contribution in [2.24, 2.45) is 13.0 Å². The van der Waals surface area contributed by atoms with Gasteiger partial charge in [-0.3, -0.25) is 14.8 Å². The number of likely N-dealkylation sites (tertiary alicyclic amines) is 1. The summed E-state index contributed by atoms with van der Waals surface area (Å²) >= 11 is 0. The summed E-state index contributed by atoms with van der Waals surface area (Å²) in [6.45, 7) is 1.40. The second-order valence-corrected chi connectivity index (χ2v) is 8.22. The number of aryl methyl sites for hydroxylation is 1. The number of aromatic nitrogens is 2. The van der Waals surface area contributed by atoms with Gasteiger partial charge < -0.3 is 9.80 Å². The molecular formula is C19H29N5O2. The molecule has 26 heavy (non-hydrogen) atoms. The topological polar surface area (TPSA) is 70.5 Å². The number of anilines is 1. The van der Waals surface area contributed by atoms with Gasteiger partial charge in [0.25, 0.3) is 0 Å². The van der Waals surface area contributed by atoms with Gasteiger partial charge in [-0.05, 0) is 25.7 Å². The Kier molecular flexibility index (Phi) is 4.63. The van der Waals surface area contributed by atoms with Gasteiger partial charge in [-0.1, -0.05) is 12.8 Å². The number of amides is 3. The first-order valence-electron chi connectivity index (χ1n) is 9.87. The van der Waals surface area contributed by atoms with Crippen molar-refractivity contribution < 1.29 is 9.59 Å². The van der Waals surface area contributed by atoms with E-state index in [-0.39, 0.29) is 17.9 Å². The number of nitrogens with one attached hydrogen (secondary N) is 1. The Balaban J connectivity index is 1.30.